The van der Waals surface area contributed by atoms with E-state index in [0.29, 0.717) is 6.42 Å². The molecule has 1 aromatic carbocycles. The molecule has 3 nitrogen and oxygen atoms in total. The molecular formula is C15H12F3NO2S. The van der Waals surface area contributed by atoms with Crippen molar-refractivity contribution in [1.29, 1.82) is 0 Å². The Balaban J connectivity index is 1.66. The highest BCUT2D eigenvalue weighted by molar-refractivity contribution is 7.10. The van der Waals surface area contributed by atoms with Gasteiger partial charge in [0, 0.05) is 17.7 Å². The van der Waals surface area contributed by atoms with Crippen molar-refractivity contribution >= 4 is 17.0 Å². The van der Waals surface area contributed by atoms with Gasteiger partial charge in [0.25, 0.3) is 0 Å². The van der Waals surface area contributed by atoms with E-state index >= 15 is 0 Å². The largest absolute Gasteiger partial charge is 0.573 e. The second-order valence-corrected chi connectivity index (χ2v) is 6.34. The minimum absolute atomic E-state index is 0.000682. The molecule has 0 amide bonds. The molecule has 1 aromatic heterocycles. The minimum Gasteiger partial charge on any atom is -0.406 e. The monoisotopic (exact) mass is 327 g/mol. The van der Waals surface area contributed by atoms with Crippen LogP contribution >= 0.6 is 11.3 Å². The number of anilines is 1. The van der Waals surface area contributed by atoms with Gasteiger partial charge in [-0.1, -0.05) is 6.07 Å². The number of hydrogen-bond acceptors (Lipinski definition) is 4. The number of benzene rings is 1. The van der Waals surface area contributed by atoms with Crippen LogP contribution in [0.3, 0.4) is 0 Å². The summed E-state index contributed by atoms with van der Waals surface area (Å²) in [5.41, 5.74) is 1.65. The van der Waals surface area contributed by atoms with Crippen LogP contribution in [0.15, 0.2) is 35.7 Å². The second kappa shape index (κ2) is 4.89. The van der Waals surface area contributed by atoms with Crippen molar-refractivity contribution in [3.05, 3.63) is 46.2 Å². The highest BCUT2D eigenvalue weighted by atomic mass is 32.1. The fraction of sp³-hybridized carbons (Fsp3) is 0.333. The summed E-state index contributed by atoms with van der Waals surface area (Å²) in [5, 5.41) is 3.84. The zero-order chi connectivity index (χ0) is 15.3. The van der Waals surface area contributed by atoms with E-state index < -0.39 is 6.36 Å². The number of thiophene rings is 1. The summed E-state index contributed by atoms with van der Waals surface area (Å²) in [6.45, 7) is 0. The molecule has 22 heavy (non-hydrogen) atoms. The highest BCUT2D eigenvalue weighted by Gasteiger charge is 2.41. The Hall–Kier alpha value is -1.73. The molecular weight excluding hydrogens is 315 g/mol. The lowest BCUT2D eigenvalue weighted by atomic mass is 10.0. The van der Waals surface area contributed by atoms with E-state index in [9.17, 15) is 13.2 Å². The van der Waals surface area contributed by atoms with Gasteiger partial charge in [-0.2, -0.15) is 0 Å². The van der Waals surface area contributed by atoms with Gasteiger partial charge in [0.15, 0.2) is 0 Å². The Morgan fingerprint density at radius 3 is 2.86 bits per heavy atom. The van der Waals surface area contributed by atoms with Crippen LogP contribution in [-0.4, -0.2) is 12.5 Å². The predicted molar refractivity (Wildman–Crippen MR) is 75.9 cm³/mol. The zero-order valence-corrected chi connectivity index (χ0v) is 12.2. The van der Waals surface area contributed by atoms with Gasteiger partial charge in [0.1, 0.15) is 5.75 Å². The van der Waals surface area contributed by atoms with Gasteiger partial charge in [0.2, 0.25) is 0 Å². The first-order chi connectivity index (χ1) is 10.5. The second-order valence-electron chi connectivity index (χ2n) is 5.36. The van der Waals surface area contributed by atoms with Crippen LogP contribution in [0.1, 0.15) is 22.9 Å². The fourth-order valence-electron chi connectivity index (χ4n) is 3.06. The molecule has 4 rings (SSSR count). The van der Waals surface area contributed by atoms with E-state index in [1.165, 1.54) is 17.0 Å². The average Bonchev–Trinajstić information content (AvgIpc) is 3.05. The summed E-state index contributed by atoms with van der Waals surface area (Å²) < 4.78 is 41.0. The average molecular weight is 327 g/mol. The number of nitrogens with zero attached hydrogens (tertiary/aromatic N) is 1. The van der Waals surface area contributed by atoms with E-state index in [4.69, 9.17) is 4.84 Å². The van der Waals surface area contributed by atoms with E-state index in [1.54, 1.807) is 17.4 Å². The number of fused-ring (bicyclic) bond motifs is 4. The Labute approximate surface area is 128 Å². The first kappa shape index (κ1) is 13.9. The maximum absolute atomic E-state index is 12.3. The first-order valence-corrected chi connectivity index (χ1v) is 7.76. The Morgan fingerprint density at radius 1 is 1.27 bits per heavy atom. The third-order valence-electron chi connectivity index (χ3n) is 3.87. The van der Waals surface area contributed by atoms with Crippen molar-refractivity contribution in [2.45, 2.75) is 31.3 Å². The Morgan fingerprint density at radius 2 is 2.14 bits per heavy atom. The molecule has 0 N–H and O–H groups in total. The molecule has 0 radical (unpaired) electrons. The van der Waals surface area contributed by atoms with Gasteiger partial charge in [-0.15, -0.1) is 24.5 Å². The zero-order valence-electron chi connectivity index (χ0n) is 11.3. The lowest BCUT2D eigenvalue weighted by Gasteiger charge is -2.30. The standard InChI is InChI=1S/C15H12F3NO2S/c16-15(17,18)20-10-3-4-12-9(6-10)7-11-8-13(19(12)21-11)14-2-1-5-22-14/h1-6,11,13H,7-8H2/t11-,13+/m1/s1. The first-order valence-electron chi connectivity index (χ1n) is 6.88. The number of alkyl halides is 3. The van der Waals surface area contributed by atoms with Gasteiger partial charge in [-0.3, -0.25) is 4.84 Å². The quantitative estimate of drug-likeness (QED) is 0.813. The molecule has 1 saturated heterocycles. The SMILES string of the molecule is FC(F)(F)Oc1ccc2c(c1)C[C@@H]1C[C@@H](c3cccs3)N2O1. The fourth-order valence-corrected chi connectivity index (χ4v) is 3.88. The molecule has 2 bridgehead atoms. The highest BCUT2D eigenvalue weighted by Crippen LogP contribution is 2.46. The molecule has 3 heterocycles. The van der Waals surface area contributed by atoms with Crippen LogP contribution in [0, 0.1) is 0 Å². The van der Waals surface area contributed by atoms with Crippen molar-refractivity contribution in [3.8, 4) is 5.75 Å². The van der Waals surface area contributed by atoms with Gasteiger partial charge in [-0.25, -0.2) is 5.06 Å². The molecule has 116 valence electrons. The minimum atomic E-state index is -4.67. The summed E-state index contributed by atoms with van der Waals surface area (Å²) in [5.74, 6) is -0.179. The van der Waals surface area contributed by atoms with Crippen LogP contribution in [-0.2, 0) is 11.3 Å². The number of rotatable bonds is 2. The Bertz CT molecular complexity index is 687. The third-order valence-corrected chi connectivity index (χ3v) is 4.85. The number of halogens is 3. The van der Waals surface area contributed by atoms with Gasteiger partial charge >= 0.3 is 6.36 Å². The summed E-state index contributed by atoms with van der Waals surface area (Å²) in [4.78, 5) is 7.08. The molecule has 2 atom stereocenters. The molecule has 2 aliphatic rings. The summed E-state index contributed by atoms with van der Waals surface area (Å²) in [6, 6.07) is 8.60. The molecule has 0 saturated carbocycles. The van der Waals surface area contributed by atoms with Crippen molar-refractivity contribution in [1.82, 2.24) is 0 Å². The van der Waals surface area contributed by atoms with Gasteiger partial charge in [0.05, 0.1) is 17.8 Å². The van der Waals surface area contributed by atoms with E-state index in [2.05, 4.69) is 10.8 Å². The predicted octanol–water partition coefficient (Wildman–Crippen LogP) is 4.45. The van der Waals surface area contributed by atoms with Gasteiger partial charge in [-0.05, 0) is 35.2 Å². The van der Waals surface area contributed by atoms with Crippen LogP contribution in [0.25, 0.3) is 0 Å². The van der Waals surface area contributed by atoms with Crippen LogP contribution in [0.5, 0.6) is 5.75 Å². The molecule has 2 aromatic rings. The molecule has 0 unspecified atom stereocenters. The number of hydroxylamine groups is 1. The van der Waals surface area contributed by atoms with Crippen LogP contribution in [0.2, 0.25) is 0 Å². The lowest BCUT2D eigenvalue weighted by Crippen LogP contribution is -2.27. The Kier molecular flexibility index (Phi) is 3.09. The van der Waals surface area contributed by atoms with Crippen molar-refractivity contribution in [2.75, 3.05) is 5.06 Å². The smallest absolute Gasteiger partial charge is 0.406 e. The number of hydrogen-bond donors (Lipinski definition) is 0. The van der Waals surface area contributed by atoms with E-state index in [1.807, 2.05) is 16.5 Å². The number of ether oxygens (including phenoxy) is 1. The van der Waals surface area contributed by atoms with Crippen molar-refractivity contribution in [3.63, 3.8) is 0 Å². The maximum atomic E-state index is 12.3. The van der Waals surface area contributed by atoms with E-state index in [0.717, 1.165) is 17.7 Å². The van der Waals surface area contributed by atoms with Gasteiger partial charge < -0.3 is 4.74 Å². The van der Waals surface area contributed by atoms with Crippen LogP contribution < -0.4 is 9.80 Å². The maximum Gasteiger partial charge on any atom is 0.573 e. The molecule has 1 fully saturated rings. The van der Waals surface area contributed by atoms with E-state index in [-0.39, 0.29) is 17.9 Å². The summed E-state index contributed by atoms with van der Waals surface area (Å²) >= 11 is 1.66. The van der Waals surface area contributed by atoms with Crippen molar-refractivity contribution < 1.29 is 22.7 Å². The molecule has 0 aliphatic carbocycles. The van der Waals surface area contributed by atoms with Crippen LogP contribution in [0.4, 0.5) is 18.9 Å². The third kappa shape index (κ3) is 2.44. The lowest BCUT2D eigenvalue weighted by molar-refractivity contribution is -0.274. The molecule has 0 spiro atoms. The molecule has 7 heteroatoms. The normalized spacial score (nSPS) is 23.5. The molecule has 2 aliphatic heterocycles. The van der Waals surface area contributed by atoms with Crippen molar-refractivity contribution in [2.24, 2.45) is 0 Å². The summed E-state index contributed by atoms with van der Waals surface area (Å²) in [7, 11) is 0. The topological polar surface area (TPSA) is 21.7 Å². The summed E-state index contributed by atoms with van der Waals surface area (Å²) in [6.07, 6.45) is -3.23.